The lowest BCUT2D eigenvalue weighted by Gasteiger charge is -2.35. The molecule has 11 nitrogen and oxygen atoms in total. The van der Waals surface area contributed by atoms with Gasteiger partial charge in [-0.1, -0.05) is 30.3 Å². The summed E-state index contributed by atoms with van der Waals surface area (Å²) in [6, 6.07) is 18.2. The number of rotatable bonds is 8. The van der Waals surface area contributed by atoms with Gasteiger partial charge in [0.15, 0.2) is 0 Å². The van der Waals surface area contributed by atoms with Crippen molar-refractivity contribution >= 4 is 63.1 Å². The van der Waals surface area contributed by atoms with Gasteiger partial charge in [-0.25, -0.2) is 0 Å². The summed E-state index contributed by atoms with van der Waals surface area (Å²) < 4.78 is 21.4. The van der Waals surface area contributed by atoms with Crippen LogP contribution in [0.5, 0.6) is 5.75 Å². The minimum atomic E-state index is -2.67. The number of likely N-dealkylation sites (N-methyl/N-ethyl adjacent to an activating group) is 1. The molecule has 4 heterocycles. The Balaban J connectivity index is 1.31. The van der Waals surface area contributed by atoms with Gasteiger partial charge in [-0.2, -0.15) is 15.1 Å². The van der Waals surface area contributed by atoms with Gasteiger partial charge in [-0.3, -0.25) is 4.68 Å². The summed E-state index contributed by atoms with van der Waals surface area (Å²) in [7, 11) is 3.08. The average molecular weight is 636 g/mol. The topological polar surface area (TPSA) is 116 Å². The van der Waals surface area contributed by atoms with Crippen LogP contribution in [0.1, 0.15) is 0 Å². The maximum atomic E-state index is 13.6. The molecule has 0 aliphatic carbocycles. The van der Waals surface area contributed by atoms with Crippen LogP contribution in [0.2, 0.25) is 0 Å². The molecule has 1 fully saturated rings. The van der Waals surface area contributed by atoms with E-state index >= 15 is 0 Å². The van der Waals surface area contributed by atoms with Crippen molar-refractivity contribution in [1.29, 1.82) is 0 Å². The second kappa shape index (κ2) is 11.8. The molecule has 1 aliphatic heterocycles. The van der Waals surface area contributed by atoms with Crippen LogP contribution in [0, 0.1) is 0 Å². The Bertz CT molecular complexity index is 2110. The number of hydrogen-bond acceptors (Lipinski definition) is 9. The van der Waals surface area contributed by atoms with E-state index < -0.39 is 7.14 Å². The van der Waals surface area contributed by atoms with Gasteiger partial charge in [0.2, 0.25) is 5.95 Å². The zero-order chi connectivity index (χ0) is 32.0. The molecule has 3 N–H and O–H groups in total. The molecule has 0 bridgehead atoms. The molecular formula is C34H38N9O2P. The summed E-state index contributed by atoms with van der Waals surface area (Å²) in [4.78, 5) is 17.7. The average Bonchev–Trinajstić information content (AvgIpc) is 3.70. The predicted octanol–water partition coefficient (Wildman–Crippen LogP) is 6.01. The van der Waals surface area contributed by atoms with Crippen molar-refractivity contribution in [2.75, 3.05) is 69.2 Å². The van der Waals surface area contributed by atoms with Crippen LogP contribution in [0.25, 0.3) is 32.9 Å². The molecule has 0 saturated carbocycles. The van der Waals surface area contributed by atoms with Gasteiger partial charge in [-0.05, 0) is 49.3 Å². The number of aryl methyl sites for hydroxylation is 1. The molecule has 46 heavy (non-hydrogen) atoms. The van der Waals surface area contributed by atoms with Crippen molar-refractivity contribution in [3.8, 4) is 16.9 Å². The zero-order valence-corrected chi connectivity index (χ0v) is 27.6. The smallest absolute Gasteiger partial charge is 0.231 e. The molecular weight excluding hydrogens is 597 g/mol. The third-order valence-electron chi connectivity index (χ3n) is 8.53. The van der Waals surface area contributed by atoms with Crippen molar-refractivity contribution in [2.24, 2.45) is 7.05 Å². The molecule has 0 amide bonds. The quantitative estimate of drug-likeness (QED) is 0.173. The summed E-state index contributed by atoms with van der Waals surface area (Å²) in [5, 5.41) is 15.0. The number of hydrogen-bond donors (Lipinski definition) is 3. The highest BCUT2D eigenvalue weighted by Gasteiger charge is 2.24. The summed E-state index contributed by atoms with van der Waals surface area (Å²) in [5.74, 6) is 1.67. The number of nitrogens with zero attached hydrogens (tertiary/aromatic N) is 6. The lowest BCUT2D eigenvalue weighted by molar-refractivity contribution is 0.313. The van der Waals surface area contributed by atoms with Crippen molar-refractivity contribution in [1.82, 2.24) is 29.6 Å². The minimum absolute atomic E-state index is 0.388. The number of anilines is 5. The molecule has 1 aliphatic rings. The predicted molar refractivity (Wildman–Crippen MR) is 188 cm³/mol. The highest BCUT2D eigenvalue weighted by molar-refractivity contribution is 7.71. The van der Waals surface area contributed by atoms with Gasteiger partial charge in [0.1, 0.15) is 24.4 Å². The number of methoxy groups -OCH3 is 1. The number of piperazine rings is 1. The van der Waals surface area contributed by atoms with Gasteiger partial charge in [0.05, 0.1) is 30.1 Å². The van der Waals surface area contributed by atoms with Crippen LogP contribution < -0.4 is 25.6 Å². The van der Waals surface area contributed by atoms with E-state index in [4.69, 9.17) is 14.7 Å². The number of fused-ring (bicyclic) bond motifs is 2. The molecule has 0 spiro atoms. The van der Waals surface area contributed by atoms with E-state index in [0.717, 1.165) is 75.8 Å². The molecule has 3 aromatic carbocycles. The van der Waals surface area contributed by atoms with Gasteiger partial charge in [0.25, 0.3) is 0 Å². The number of benzene rings is 3. The fourth-order valence-corrected chi connectivity index (χ4v) is 7.71. The maximum Gasteiger partial charge on any atom is 0.231 e. The Kier molecular flexibility index (Phi) is 7.66. The fraction of sp³-hybridized carbons (Fsp3) is 0.265. The van der Waals surface area contributed by atoms with Crippen LogP contribution in [-0.2, 0) is 11.6 Å². The molecule has 0 radical (unpaired) electrons. The van der Waals surface area contributed by atoms with Crippen LogP contribution >= 0.6 is 7.14 Å². The van der Waals surface area contributed by atoms with E-state index in [9.17, 15) is 4.57 Å². The fourth-order valence-electron chi connectivity index (χ4n) is 6.21. The second-order valence-electron chi connectivity index (χ2n) is 12.2. The Labute approximate surface area is 268 Å². The number of ether oxygens (including phenoxy) is 1. The molecule has 0 unspecified atom stereocenters. The maximum absolute atomic E-state index is 13.6. The van der Waals surface area contributed by atoms with Crippen molar-refractivity contribution in [2.45, 2.75) is 0 Å². The Morgan fingerprint density at radius 3 is 2.46 bits per heavy atom. The van der Waals surface area contributed by atoms with Crippen LogP contribution in [0.4, 0.5) is 28.8 Å². The van der Waals surface area contributed by atoms with E-state index in [1.165, 1.54) is 0 Å². The van der Waals surface area contributed by atoms with Gasteiger partial charge in [-0.15, -0.1) is 0 Å². The lowest BCUT2D eigenvalue weighted by Crippen LogP contribution is -2.44. The highest BCUT2D eigenvalue weighted by atomic mass is 31.2. The van der Waals surface area contributed by atoms with E-state index in [1.807, 2.05) is 72.8 Å². The van der Waals surface area contributed by atoms with Gasteiger partial charge < -0.3 is 34.7 Å². The zero-order valence-electron chi connectivity index (χ0n) is 26.7. The molecule has 6 aromatic rings. The first-order valence-electron chi connectivity index (χ1n) is 15.3. The van der Waals surface area contributed by atoms with Gasteiger partial charge >= 0.3 is 0 Å². The van der Waals surface area contributed by atoms with E-state index in [-0.39, 0.29) is 0 Å². The summed E-state index contributed by atoms with van der Waals surface area (Å²) in [5.41, 5.74) is 5.31. The van der Waals surface area contributed by atoms with Crippen LogP contribution in [0.3, 0.4) is 0 Å². The SMILES string of the molecule is COc1cc(N2CCN(C)CC2)c(-c2cnn(C)c2)cc1Nc1nc(Nc2ccc3ccccc3c2P(C)(C)=O)c2cc[nH]c2n1. The largest absolute Gasteiger partial charge is 0.494 e. The second-order valence-corrected chi connectivity index (χ2v) is 15.3. The molecule has 0 atom stereocenters. The normalized spacial score (nSPS) is 14.2. The van der Waals surface area contributed by atoms with Crippen molar-refractivity contribution < 1.29 is 9.30 Å². The van der Waals surface area contributed by atoms with Crippen LogP contribution in [-0.4, -0.2) is 83.3 Å². The number of aromatic amines is 1. The van der Waals surface area contributed by atoms with Crippen molar-refractivity contribution in [3.63, 3.8) is 0 Å². The monoisotopic (exact) mass is 635 g/mol. The third-order valence-corrected chi connectivity index (χ3v) is 10.1. The van der Waals surface area contributed by atoms with Crippen LogP contribution in [0.15, 0.2) is 73.2 Å². The first-order chi connectivity index (χ1) is 22.2. The minimum Gasteiger partial charge on any atom is -0.494 e. The molecule has 236 valence electrons. The van der Waals surface area contributed by atoms with E-state index in [0.29, 0.717) is 23.2 Å². The molecule has 1 saturated heterocycles. The molecule has 12 heteroatoms. The lowest BCUT2D eigenvalue weighted by atomic mass is 10.0. The molecule has 7 rings (SSSR count). The molecule has 3 aromatic heterocycles. The highest BCUT2D eigenvalue weighted by Crippen LogP contribution is 2.43. The Morgan fingerprint density at radius 1 is 0.913 bits per heavy atom. The summed E-state index contributed by atoms with van der Waals surface area (Å²) >= 11 is 0. The summed E-state index contributed by atoms with van der Waals surface area (Å²) in [6.07, 6.45) is 5.75. The first-order valence-corrected chi connectivity index (χ1v) is 17.9. The Hall–Kier alpha value is -4.86. The van der Waals surface area contributed by atoms with E-state index in [1.54, 1.807) is 20.4 Å². The number of nitrogens with one attached hydrogen (secondary N) is 3. The Morgan fingerprint density at radius 2 is 1.72 bits per heavy atom. The standard InChI is InChI=1S/C34H38N9O2P/c1-41-14-16-43(17-15-41)29-19-30(45-3)28(18-26(29)23-20-36-42(2)21-23)38-34-39-32-25(12-13-35-32)33(40-34)37-27-11-10-22-8-6-7-9-24(22)31(27)46(4,5)44/h6-13,18-21H,14-17H2,1-5H3,(H3,35,37,38,39,40). The summed E-state index contributed by atoms with van der Waals surface area (Å²) in [6.45, 7) is 7.41. The van der Waals surface area contributed by atoms with E-state index in [2.05, 4.69) is 49.7 Å². The number of H-pyrrole nitrogens is 1. The van der Waals surface area contributed by atoms with Crippen molar-refractivity contribution in [3.05, 3.63) is 73.2 Å². The van der Waals surface area contributed by atoms with Gasteiger partial charge in [0, 0.05) is 73.8 Å². The first kappa shape index (κ1) is 29.8. The number of aromatic nitrogens is 5. The third kappa shape index (κ3) is 5.68.